The Morgan fingerprint density at radius 2 is 2.07 bits per heavy atom. The van der Waals surface area contributed by atoms with Gasteiger partial charge in [0.15, 0.2) is 12.5 Å². The van der Waals surface area contributed by atoms with Crippen LogP contribution in [0.2, 0.25) is 5.02 Å². The van der Waals surface area contributed by atoms with Crippen molar-refractivity contribution in [1.29, 1.82) is 0 Å². The number of nitrogens with zero attached hydrogens (tertiary/aromatic N) is 2. The molecular weight excluding hydrogens is 383 g/mol. The Morgan fingerprint density at radius 1 is 1.25 bits per heavy atom. The lowest BCUT2D eigenvalue weighted by atomic mass is 10.1. The monoisotopic (exact) mass is 400 g/mol. The quantitative estimate of drug-likeness (QED) is 0.477. The number of ether oxygens (including phenoxy) is 2. The van der Waals surface area contributed by atoms with Crippen LogP contribution in [-0.2, 0) is 11.3 Å². The van der Waals surface area contributed by atoms with Crippen molar-refractivity contribution in [2.75, 3.05) is 13.9 Å². The van der Waals surface area contributed by atoms with Crippen LogP contribution in [0.5, 0.6) is 11.6 Å². The van der Waals surface area contributed by atoms with Crippen LogP contribution in [0.3, 0.4) is 0 Å². The normalized spacial score (nSPS) is 11.4. The topological polar surface area (TPSA) is 56.5 Å². The van der Waals surface area contributed by atoms with E-state index in [1.165, 1.54) is 13.2 Å². The molecule has 0 saturated carbocycles. The number of methoxy groups -OCH3 is 1. The maximum atomic E-state index is 13.4. The highest BCUT2D eigenvalue weighted by Gasteiger charge is 2.19. The van der Waals surface area contributed by atoms with E-state index in [0.717, 1.165) is 21.9 Å². The second-order valence-corrected chi connectivity index (χ2v) is 6.98. The van der Waals surface area contributed by atoms with Gasteiger partial charge in [-0.05, 0) is 42.3 Å². The fraction of sp³-hybridized carbons (Fsp3) is 0.190. The predicted molar refractivity (Wildman–Crippen MR) is 107 cm³/mol. The Balaban J connectivity index is 1.90. The number of aromatic hydroxyl groups is 1. The zero-order valence-corrected chi connectivity index (χ0v) is 16.1. The number of halogens is 2. The minimum Gasteiger partial charge on any atom is -0.494 e. The molecule has 0 radical (unpaired) electrons. The lowest BCUT2D eigenvalue weighted by Crippen LogP contribution is -2.01. The van der Waals surface area contributed by atoms with E-state index >= 15 is 0 Å². The molecule has 2 heterocycles. The second-order valence-electron chi connectivity index (χ2n) is 6.57. The third-order valence-corrected chi connectivity index (χ3v) is 4.98. The molecule has 0 fully saturated rings. The molecule has 0 aliphatic carbocycles. The SMILES string of the molecule is COCOc1c2nccc(C)c2cc2cn(Cc3ccc(F)c(Cl)c3)c(O)c12. The molecule has 2 aromatic carbocycles. The summed E-state index contributed by atoms with van der Waals surface area (Å²) < 4.78 is 25.9. The van der Waals surface area contributed by atoms with E-state index in [1.807, 2.05) is 25.3 Å². The number of hydrogen-bond donors (Lipinski definition) is 1. The summed E-state index contributed by atoms with van der Waals surface area (Å²) in [6, 6.07) is 8.39. The van der Waals surface area contributed by atoms with Crippen molar-refractivity contribution < 1.29 is 19.0 Å². The first-order valence-corrected chi connectivity index (χ1v) is 9.03. The fourth-order valence-electron chi connectivity index (χ4n) is 3.33. The highest BCUT2D eigenvalue weighted by atomic mass is 35.5. The second kappa shape index (κ2) is 7.30. The fourth-order valence-corrected chi connectivity index (χ4v) is 3.53. The third kappa shape index (κ3) is 3.15. The molecule has 1 N–H and O–H groups in total. The summed E-state index contributed by atoms with van der Waals surface area (Å²) in [5.74, 6) is 0.0218. The maximum absolute atomic E-state index is 13.4. The zero-order valence-electron chi connectivity index (χ0n) is 15.4. The Labute approximate surface area is 165 Å². The summed E-state index contributed by atoms with van der Waals surface area (Å²) in [6.45, 7) is 2.35. The average Bonchev–Trinajstić information content (AvgIpc) is 2.98. The van der Waals surface area contributed by atoms with Crippen LogP contribution in [-0.4, -0.2) is 28.6 Å². The van der Waals surface area contributed by atoms with E-state index in [2.05, 4.69) is 4.98 Å². The lowest BCUT2D eigenvalue weighted by Gasteiger charge is -2.11. The molecule has 0 aliphatic heterocycles. The number of hydrogen-bond acceptors (Lipinski definition) is 4. The summed E-state index contributed by atoms with van der Waals surface area (Å²) in [6.07, 6.45) is 3.53. The van der Waals surface area contributed by atoms with Crippen LogP contribution in [0.1, 0.15) is 11.1 Å². The van der Waals surface area contributed by atoms with E-state index < -0.39 is 5.82 Å². The van der Waals surface area contributed by atoms with Crippen molar-refractivity contribution >= 4 is 33.3 Å². The van der Waals surface area contributed by atoms with Gasteiger partial charge in [-0.15, -0.1) is 0 Å². The van der Waals surface area contributed by atoms with Crippen LogP contribution in [0, 0.1) is 12.7 Å². The van der Waals surface area contributed by atoms with Gasteiger partial charge in [-0.1, -0.05) is 17.7 Å². The van der Waals surface area contributed by atoms with Crippen LogP contribution < -0.4 is 4.74 Å². The van der Waals surface area contributed by atoms with Gasteiger partial charge in [0, 0.05) is 30.3 Å². The van der Waals surface area contributed by atoms with E-state index in [0.29, 0.717) is 23.2 Å². The molecule has 28 heavy (non-hydrogen) atoms. The number of fused-ring (bicyclic) bond motifs is 2. The van der Waals surface area contributed by atoms with Gasteiger partial charge in [0.1, 0.15) is 11.3 Å². The molecule has 0 amide bonds. The van der Waals surface area contributed by atoms with Crippen molar-refractivity contribution in [3.05, 3.63) is 64.7 Å². The summed E-state index contributed by atoms with van der Waals surface area (Å²) in [5, 5.41) is 13.2. The van der Waals surface area contributed by atoms with E-state index in [4.69, 9.17) is 21.1 Å². The molecule has 4 rings (SSSR count). The highest BCUT2D eigenvalue weighted by Crippen LogP contribution is 2.41. The molecule has 144 valence electrons. The van der Waals surface area contributed by atoms with Gasteiger partial charge in [0.05, 0.1) is 17.0 Å². The van der Waals surface area contributed by atoms with Crippen LogP contribution in [0.4, 0.5) is 4.39 Å². The van der Waals surface area contributed by atoms with Crippen molar-refractivity contribution in [1.82, 2.24) is 9.55 Å². The Hall–Kier alpha value is -2.83. The van der Waals surface area contributed by atoms with Crippen molar-refractivity contribution in [3.8, 4) is 11.6 Å². The van der Waals surface area contributed by atoms with Gasteiger partial charge < -0.3 is 19.1 Å². The Kier molecular flexibility index (Phi) is 4.83. The number of rotatable bonds is 5. The predicted octanol–water partition coefficient (Wildman–Crippen LogP) is 5.03. The van der Waals surface area contributed by atoms with Gasteiger partial charge in [-0.25, -0.2) is 4.39 Å². The Morgan fingerprint density at radius 3 is 2.82 bits per heavy atom. The molecule has 7 heteroatoms. The van der Waals surface area contributed by atoms with Gasteiger partial charge in [0.25, 0.3) is 0 Å². The smallest absolute Gasteiger partial charge is 0.203 e. The van der Waals surface area contributed by atoms with Crippen molar-refractivity contribution in [3.63, 3.8) is 0 Å². The number of aryl methyl sites for hydroxylation is 1. The summed E-state index contributed by atoms with van der Waals surface area (Å²) in [5.41, 5.74) is 2.47. The standard InChI is InChI=1S/C21H18ClFN2O3/c1-12-5-6-24-19-15(12)8-14-10-25(9-13-3-4-17(23)16(22)7-13)21(26)18(14)20(19)28-11-27-2/h3-8,10,26H,9,11H2,1-2H3. The number of aromatic nitrogens is 2. The first-order valence-electron chi connectivity index (χ1n) is 8.65. The molecule has 0 spiro atoms. The van der Waals surface area contributed by atoms with Gasteiger partial charge in [-0.3, -0.25) is 4.98 Å². The van der Waals surface area contributed by atoms with E-state index in [-0.39, 0.29) is 17.7 Å². The maximum Gasteiger partial charge on any atom is 0.203 e. The van der Waals surface area contributed by atoms with Crippen molar-refractivity contribution in [2.24, 2.45) is 0 Å². The molecule has 5 nitrogen and oxygen atoms in total. The minimum atomic E-state index is -0.477. The summed E-state index contributed by atoms with van der Waals surface area (Å²) in [7, 11) is 1.53. The van der Waals surface area contributed by atoms with Crippen LogP contribution in [0.15, 0.2) is 42.7 Å². The largest absolute Gasteiger partial charge is 0.494 e. The number of benzene rings is 2. The summed E-state index contributed by atoms with van der Waals surface area (Å²) in [4.78, 5) is 4.44. The van der Waals surface area contributed by atoms with Crippen molar-refractivity contribution in [2.45, 2.75) is 13.5 Å². The van der Waals surface area contributed by atoms with Gasteiger partial charge in [0.2, 0.25) is 5.88 Å². The summed E-state index contributed by atoms with van der Waals surface area (Å²) >= 11 is 5.88. The molecule has 0 aliphatic rings. The first-order chi connectivity index (χ1) is 13.5. The third-order valence-electron chi connectivity index (χ3n) is 4.69. The molecule has 0 atom stereocenters. The van der Waals surface area contributed by atoms with E-state index in [9.17, 15) is 9.50 Å². The molecule has 0 unspecified atom stereocenters. The van der Waals surface area contributed by atoms with Gasteiger partial charge in [-0.2, -0.15) is 0 Å². The molecule has 0 saturated heterocycles. The van der Waals surface area contributed by atoms with E-state index in [1.54, 1.807) is 22.9 Å². The van der Waals surface area contributed by atoms with Crippen LogP contribution in [0.25, 0.3) is 21.7 Å². The highest BCUT2D eigenvalue weighted by molar-refractivity contribution is 6.30. The molecule has 0 bridgehead atoms. The molecular formula is C21H18ClFN2O3. The minimum absolute atomic E-state index is 0.0298. The molecule has 2 aromatic heterocycles. The van der Waals surface area contributed by atoms with Gasteiger partial charge >= 0.3 is 0 Å². The van der Waals surface area contributed by atoms with Crippen LogP contribution >= 0.6 is 11.6 Å². The average molecular weight is 401 g/mol. The zero-order chi connectivity index (χ0) is 19.8. The number of pyridine rings is 1. The lowest BCUT2D eigenvalue weighted by molar-refractivity contribution is 0.0531. The first kappa shape index (κ1) is 18.5. The molecule has 4 aromatic rings. The Bertz CT molecular complexity index is 1190.